The number of carbonyl (C=O) groups excluding carboxylic acids is 1. The molecule has 0 amide bonds. The van der Waals surface area contributed by atoms with E-state index in [9.17, 15) is 55.9 Å². The van der Waals surface area contributed by atoms with Crippen LogP contribution in [0.15, 0.2) is 42.5 Å². The lowest BCUT2D eigenvalue weighted by Crippen LogP contribution is -2.66. The number of benzene rings is 2. The van der Waals surface area contributed by atoms with Crippen LogP contribution in [-0.4, -0.2) is 170 Å². The van der Waals surface area contributed by atoms with Crippen molar-refractivity contribution in [1.29, 1.82) is 0 Å². The Balaban J connectivity index is 1.40. The molecule has 0 unspecified atom stereocenters. The summed E-state index contributed by atoms with van der Waals surface area (Å²) >= 11 is 0. The second-order valence-electron chi connectivity index (χ2n) is 13.0. The highest BCUT2D eigenvalue weighted by Crippen LogP contribution is 2.34. The summed E-state index contributed by atoms with van der Waals surface area (Å²) in [5, 5.41) is 104. The molecule has 0 aromatic heterocycles. The molecule has 0 spiro atoms. The number of hydrogen-bond donors (Lipinski definition) is 10. The molecule has 300 valence electrons. The van der Waals surface area contributed by atoms with Crippen molar-refractivity contribution in [2.75, 3.05) is 26.9 Å². The number of aromatic hydroxyl groups is 3. The third-order valence-corrected chi connectivity index (χ3v) is 9.20. The Bertz CT molecular complexity index is 1570. The normalized spacial score (nSPS) is 35.9. The van der Waals surface area contributed by atoms with Gasteiger partial charge in [-0.3, -0.25) is 0 Å². The van der Waals surface area contributed by atoms with Crippen LogP contribution < -0.4 is 4.74 Å². The number of carbonyl (C=O) groups is 1. The summed E-state index contributed by atoms with van der Waals surface area (Å²) in [6.45, 7) is 0.0235. The summed E-state index contributed by atoms with van der Waals surface area (Å²) in [6, 6.07) is 8.41. The Morgan fingerprint density at radius 2 is 1.52 bits per heavy atom. The van der Waals surface area contributed by atoms with Crippen molar-refractivity contribution < 1.29 is 93.8 Å². The van der Waals surface area contributed by atoms with Gasteiger partial charge in [-0.15, -0.1) is 0 Å². The summed E-state index contributed by atoms with van der Waals surface area (Å²) in [6.07, 6.45) is -19.9. The molecule has 3 fully saturated rings. The maximum absolute atomic E-state index is 13.2. The Morgan fingerprint density at radius 1 is 0.796 bits per heavy atom. The van der Waals surface area contributed by atoms with E-state index in [1.807, 2.05) is 0 Å². The zero-order chi connectivity index (χ0) is 39.3. The van der Waals surface area contributed by atoms with Crippen molar-refractivity contribution in [2.24, 2.45) is 0 Å². The number of aliphatic hydroxyl groups is 7. The van der Waals surface area contributed by atoms with E-state index in [1.165, 1.54) is 56.5 Å². The summed E-state index contributed by atoms with van der Waals surface area (Å²) < 4.78 is 45.4. The van der Waals surface area contributed by atoms with Gasteiger partial charge < -0.3 is 89.0 Å². The fourth-order valence-electron chi connectivity index (χ4n) is 6.10. The molecule has 3 aliphatic heterocycles. The fraction of sp³-hybridized carbons (Fsp3) is 0.571. The Morgan fingerprint density at radius 3 is 2.22 bits per heavy atom. The Hall–Kier alpha value is -3.67. The molecule has 2 aromatic rings. The number of rotatable bonds is 13. The van der Waals surface area contributed by atoms with Gasteiger partial charge in [0.2, 0.25) is 0 Å². The maximum atomic E-state index is 13.2. The quantitative estimate of drug-likeness (QED) is 0.0585. The van der Waals surface area contributed by atoms with Gasteiger partial charge in [-0.1, -0.05) is 12.1 Å². The standard InChI is InChI=1S/C35H46O19/c1-15-25(42)27(44)32(54-33-28(45)26(43)21(40)14-49-33)35(50-15)53-31-29(46)34(48-10-9-17-3-6-18(37)20(39)11-17)51-23(13-36)30(31)52-24(41)8-5-16-4-7-19(38)22(12-16)47-2/h3-8,11-12,15,21,23,25-40,42-46H,9-10,13-14H2,1-2H3/b8-5+/t15-,21-,23+,25-,26+,27+,28+,29+,30+,31+,32+,33-,34+,35-/m0/s1. The van der Waals surface area contributed by atoms with Crippen LogP contribution in [-0.2, 0) is 44.4 Å². The van der Waals surface area contributed by atoms with Crippen molar-refractivity contribution in [2.45, 2.75) is 99.4 Å². The van der Waals surface area contributed by atoms with Crippen LogP contribution in [0.25, 0.3) is 6.08 Å². The van der Waals surface area contributed by atoms with E-state index in [1.54, 1.807) is 0 Å². The average molecular weight is 771 g/mol. The number of methoxy groups -OCH3 is 1. The van der Waals surface area contributed by atoms with Crippen molar-refractivity contribution in [3.05, 3.63) is 53.6 Å². The number of hydrogen-bond acceptors (Lipinski definition) is 19. The van der Waals surface area contributed by atoms with Crippen molar-refractivity contribution in [1.82, 2.24) is 0 Å². The molecule has 10 N–H and O–H groups in total. The number of ether oxygens (including phenoxy) is 8. The molecular weight excluding hydrogens is 724 g/mol. The zero-order valence-electron chi connectivity index (χ0n) is 29.2. The van der Waals surface area contributed by atoms with Crippen LogP contribution in [0.3, 0.4) is 0 Å². The largest absolute Gasteiger partial charge is 0.504 e. The second kappa shape index (κ2) is 18.3. The SMILES string of the molecule is COc1cc(/C=C/C(=O)O[C@H]2[C@H](O[C@@H]3O[C@@H](C)[C@H](O)[C@@H](O)[C@H]3O[C@@H]3OC[C@H](O)[C@@H](O)[C@H]3O)[C@@H](O)[C@H](OCCc3ccc(O)c(O)c3)O[C@@H]2CO)ccc1O. The minimum Gasteiger partial charge on any atom is -0.504 e. The van der Waals surface area contributed by atoms with Gasteiger partial charge in [0.05, 0.1) is 33.0 Å². The Labute approximate surface area is 308 Å². The molecule has 0 saturated carbocycles. The first-order valence-corrected chi connectivity index (χ1v) is 17.0. The monoisotopic (exact) mass is 770 g/mol. The molecule has 0 aliphatic carbocycles. The molecular formula is C35H46O19. The predicted octanol–water partition coefficient (Wildman–Crippen LogP) is -2.25. The summed E-state index contributed by atoms with van der Waals surface area (Å²) in [5.74, 6) is -1.67. The highest BCUT2D eigenvalue weighted by Gasteiger charge is 2.54. The number of aliphatic hydroxyl groups excluding tert-OH is 7. The number of phenols is 3. The maximum Gasteiger partial charge on any atom is 0.331 e. The number of esters is 1. The van der Waals surface area contributed by atoms with Crippen molar-refractivity contribution in [3.63, 3.8) is 0 Å². The molecule has 0 bridgehead atoms. The zero-order valence-corrected chi connectivity index (χ0v) is 29.2. The van der Waals surface area contributed by atoms with Gasteiger partial charge in [-0.05, 0) is 54.8 Å². The van der Waals surface area contributed by atoms with Gasteiger partial charge in [-0.2, -0.15) is 0 Å². The van der Waals surface area contributed by atoms with Crippen LogP contribution in [0.5, 0.6) is 23.0 Å². The van der Waals surface area contributed by atoms with Gasteiger partial charge in [0.1, 0.15) is 54.9 Å². The lowest BCUT2D eigenvalue weighted by Gasteiger charge is -2.48. The lowest BCUT2D eigenvalue weighted by atomic mass is 9.96. The van der Waals surface area contributed by atoms with Gasteiger partial charge in [0.15, 0.2) is 48.0 Å². The summed E-state index contributed by atoms with van der Waals surface area (Å²) in [4.78, 5) is 13.2. The van der Waals surface area contributed by atoms with Crippen molar-refractivity contribution >= 4 is 12.0 Å². The van der Waals surface area contributed by atoms with E-state index in [-0.39, 0.29) is 36.0 Å². The third-order valence-electron chi connectivity index (χ3n) is 9.20. The molecule has 14 atom stereocenters. The van der Waals surface area contributed by atoms with Crippen LogP contribution in [0.1, 0.15) is 18.1 Å². The number of phenolic OH excluding ortho intramolecular Hbond substituents is 3. The van der Waals surface area contributed by atoms with Gasteiger partial charge in [-0.25, -0.2) is 4.79 Å². The van der Waals surface area contributed by atoms with E-state index in [4.69, 9.17) is 37.9 Å². The van der Waals surface area contributed by atoms with E-state index in [2.05, 4.69) is 0 Å². The smallest absolute Gasteiger partial charge is 0.331 e. The van der Waals surface area contributed by atoms with Crippen LogP contribution in [0, 0.1) is 0 Å². The van der Waals surface area contributed by atoms with E-state index in [0.717, 1.165) is 6.08 Å². The summed E-state index contributed by atoms with van der Waals surface area (Å²) in [7, 11) is 1.35. The average Bonchev–Trinajstić information content (AvgIpc) is 3.15. The first-order chi connectivity index (χ1) is 25.7. The van der Waals surface area contributed by atoms with Crippen LogP contribution >= 0.6 is 0 Å². The summed E-state index contributed by atoms with van der Waals surface area (Å²) in [5.41, 5.74) is 0.985. The molecule has 3 saturated heterocycles. The molecule has 5 rings (SSSR count). The minimum absolute atomic E-state index is 0.126. The Kier molecular flexibility index (Phi) is 14.1. The van der Waals surface area contributed by atoms with Crippen molar-refractivity contribution in [3.8, 4) is 23.0 Å². The van der Waals surface area contributed by atoms with E-state index in [0.29, 0.717) is 11.1 Å². The van der Waals surface area contributed by atoms with Crippen LogP contribution in [0.4, 0.5) is 0 Å². The van der Waals surface area contributed by atoms with Gasteiger partial charge in [0.25, 0.3) is 0 Å². The van der Waals surface area contributed by atoms with Gasteiger partial charge >= 0.3 is 5.97 Å². The third kappa shape index (κ3) is 9.58. The fourth-order valence-corrected chi connectivity index (χ4v) is 6.10. The van der Waals surface area contributed by atoms with E-state index >= 15 is 0 Å². The first-order valence-electron chi connectivity index (χ1n) is 17.0. The first kappa shape index (κ1) is 41.5. The lowest BCUT2D eigenvalue weighted by molar-refractivity contribution is -0.381. The second-order valence-corrected chi connectivity index (χ2v) is 13.0. The highest BCUT2D eigenvalue weighted by molar-refractivity contribution is 5.87. The molecule has 3 aliphatic rings. The van der Waals surface area contributed by atoms with Crippen LogP contribution in [0.2, 0.25) is 0 Å². The molecule has 3 heterocycles. The topological polar surface area (TPSA) is 293 Å². The molecule has 2 aromatic carbocycles. The minimum atomic E-state index is -1.81. The van der Waals surface area contributed by atoms with E-state index < -0.39 is 105 Å². The van der Waals surface area contributed by atoms with Gasteiger partial charge in [0, 0.05) is 6.08 Å². The molecule has 19 nitrogen and oxygen atoms in total. The highest BCUT2D eigenvalue weighted by atomic mass is 16.8. The predicted molar refractivity (Wildman–Crippen MR) is 179 cm³/mol. The molecule has 54 heavy (non-hydrogen) atoms. The molecule has 0 radical (unpaired) electrons. The molecule has 19 heteroatoms.